The Hall–Kier alpha value is -1.98. The van der Waals surface area contributed by atoms with Gasteiger partial charge in [0.2, 0.25) is 0 Å². The Labute approximate surface area is 132 Å². The lowest BCUT2D eigenvalue weighted by Gasteiger charge is -2.09. The van der Waals surface area contributed by atoms with Crippen molar-refractivity contribution in [3.05, 3.63) is 58.9 Å². The third-order valence-electron chi connectivity index (χ3n) is 2.58. The van der Waals surface area contributed by atoms with E-state index in [1.54, 1.807) is 0 Å². The van der Waals surface area contributed by atoms with E-state index in [9.17, 15) is 9.18 Å². The molecule has 7 heteroatoms. The van der Waals surface area contributed by atoms with Gasteiger partial charge in [-0.05, 0) is 17.7 Å². The van der Waals surface area contributed by atoms with E-state index in [0.717, 1.165) is 5.56 Å². The molecule has 3 N–H and O–H groups in total. The standard InChI is InChI=1S/C14H12ClFN2O2.ClH/c15-10-6-7-11(12(16)13(10)17)18-14(19)20-8-9-4-2-1-3-5-9;/h1-7H,8,17H2,(H,18,19);1H. The molecule has 2 aromatic carbocycles. The fourth-order valence-electron chi connectivity index (χ4n) is 1.54. The molecule has 0 aliphatic carbocycles. The Morgan fingerprint density at radius 1 is 1.24 bits per heavy atom. The minimum atomic E-state index is -0.783. The van der Waals surface area contributed by atoms with Crippen LogP contribution in [0.25, 0.3) is 0 Å². The van der Waals surface area contributed by atoms with Gasteiger partial charge in [0.1, 0.15) is 6.61 Å². The zero-order valence-electron chi connectivity index (χ0n) is 10.8. The summed E-state index contributed by atoms with van der Waals surface area (Å²) in [5.74, 6) is -0.783. The maximum absolute atomic E-state index is 13.7. The van der Waals surface area contributed by atoms with Crippen molar-refractivity contribution < 1.29 is 13.9 Å². The van der Waals surface area contributed by atoms with Gasteiger partial charge in [-0.3, -0.25) is 5.32 Å². The van der Waals surface area contributed by atoms with Gasteiger partial charge in [-0.2, -0.15) is 0 Å². The molecule has 112 valence electrons. The maximum Gasteiger partial charge on any atom is 0.412 e. The van der Waals surface area contributed by atoms with Crippen molar-refractivity contribution in [3.8, 4) is 0 Å². The fourth-order valence-corrected chi connectivity index (χ4v) is 1.68. The van der Waals surface area contributed by atoms with Crippen LogP contribution in [0.15, 0.2) is 42.5 Å². The number of nitrogens with one attached hydrogen (secondary N) is 1. The Kier molecular flexibility index (Phi) is 6.27. The number of benzene rings is 2. The normalized spacial score (nSPS) is 9.62. The lowest BCUT2D eigenvalue weighted by Crippen LogP contribution is -2.15. The number of ether oxygens (including phenoxy) is 1. The SMILES string of the molecule is Cl.Nc1c(Cl)ccc(NC(=O)OCc2ccccc2)c1F. The van der Waals surface area contributed by atoms with Crippen molar-refractivity contribution in [2.45, 2.75) is 6.61 Å². The maximum atomic E-state index is 13.7. The molecule has 0 fully saturated rings. The molecule has 0 radical (unpaired) electrons. The number of rotatable bonds is 3. The molecule has 0 saturated carbocycles. The van der Waals surface area contributed by atoms with Crippen molar-refractivity contribution in [1.29, 1.82) is 0 Å². The minimum absolute atomic E-state index is 0. The van der Waals surface area contributed by atoms with E-state index >= 15 is 0 Å². The predicted molar refractivity (Wildman–Crippen MR) is 83.3 cm³/mol. The Balaban J connectivity index is 0.00000220. The van der Waals surface area contributed by atoms with Gasteiger partial charge in [-0.25, -0.2) is 9.18 Å². The second kappa shape index (κ2) is 7.71. The van der Waals surface area contributed by atoms with Gasteiger partial charge in [0, 0.05) is 0 Å². The van der Waals surface area contributed by atoms with Crippen LogP contribution in [0, 0.1) is 5.82 Å². The highest BCUT2D eigenvalue weighted by Gasteiger charge is 2.12. The monoisotopic (exact) mass is 330 g/mol. The summed E-state index contributed by atoms with van der Waals surface area (Å²) in [6.07, 6.45) is -0.769. The zero-order valence-corrected chi connectivity index (χ0v) is 12.4. The number of halogens is 3. The summed E-state index contributed by atoms with van der Waals surface area (Å²) in [6.45, 7) is 0.0946. The quantitative estimate of drug-likeness (QED) is 0.827. The van der Waals surface area contributed by atoms with Crippen molar-refractivity contribution in [1.82, 2.24) is 0 Å². The van der Waals surface area contributed by atoms with Crippen molar-refractivity contribution >= 4 is 41.5 Å². The summed E-state index contributed by atoms with van der Waals surface area (Å²) in [5.41, 5.74) is 5.96. The van der Waals surface area contributed by atoms with Gasteiger partial charge in [0.05, 0.1) is 16.4 Å². The van der Waals surface area contributed by atoms with Gasteiger partial charge >= 0.3 is 6.09 Å². The van der Waals surface area contributed by atoms with Crippen LogP contribution in [0.1, 0.15) is 5.56 Å². The number of hydrogen-bond acceptors (Lipinski definition) is 3. The van der Waals surface area contributed by atoms with Crippen LogP contribution >= 0.6 is 24.0 Å². The van der Waals surface area contributed by atoms with E-state index in [0.29, 0.717) is 0 Å². The van der Waals surface area contributed by atoms with E-state index < -0.39 is 11.9 Å². The average molecular weight is 331 g/mol. The second-order valence-electron chi connectivity index (χ2n) is 4.01. The summed E-state index contributed by atoms with van der Waals surface area (Å²) in [6, 6.07) is 11.9. The summed E-state index contributed by atoms with van der Waals surface area (Å²) < 4.78 is 18.7. The Bertz CT molecular complexity index is 624. The lowest BCUT2D eigenvalue weighted by molar-refractivity contribution is 0.155. The molecular weight excluding hydrogens is 318 g/mol. The van der Waals surface area contributed by atoms with Crippen LogP contribution in [0.2, 0.25) is 5.02 Å². The van der Waals surface area contributed by atoms with E-state index in [4.69, 9.17) is 22.1 Å². The van der Waals surface area contributed by atoms with Crippen LogP contribution in [0.4, 0.5) is 20.6 Å². The van der Waals surface area contributed by atoms with Gasteiger partial charge in [0.15, 0.2) is 5.82 Å². The molecule has 21 heavy (non-hydrogen) atoms. The van der Waals surface area contributed by atoms with Crippen molar-refractivity contribution in [3.63, 3.8) is 0 Å². The number of anilines is 2. The largest absolute Gasteiger partial charge is 0.444 e. The highest BCUT2D eigenvalue weighted by molar-refractivity contribution is 6.33. The van der Waals surface area contributed by atoms with Crippen molar-refractivity contribution in [2.75, 3.05) is 11.1 Å². The molecule has 0 heterocycles. The number of hydrogen-bond donors (Lipinski definition) is 2. The van der Waals surface area contributed by atoms with Crippen LogP contribution in [0.5, 0.6) is 0 Å². The first-order chi connectivity index (χ1) is 9.58. The van der Waals surface area contributed by atoms with Crippen LogP contribution < -0.4 is 11.1 Å². The van der Waals surface area contributed by atoms with E-state index in [1.807, 2.05) is 30.3 Å². The van der Waals surface area contributed by atoms with E-state index in [2.05, 4.69) is 5.32 Å². The van der Waals surface area contributed by atoms with Gasteiger partial charge < -0.3 is 10.5 Å². The number of carbonyl (C=O) groups is 1. The average Bonchev–Trinajstić information content (AvgIpc) is 2.47. The molecular formula is C14H13Cl2FN2O2. The number of amides is 1. The van der Waals surface area contributed by atoms with Crippen molar-refractivity contribution in [2.24, 2.45) is 0 Å². The summed E-state index contributed by atoms with van der Waals surface area (Å²) in [4.78, 5) is 11.6. The Morgan fingerprint density at radius 3 is 2.57 bits per heavy atom. The molecule has 0 saturated heterocycles. The molecule has 0 unspecified atom stereocenters. The molecule has 0 bridgehead atoms. The predicted octanol–water partition coefficient (Wildman–Crippen LogP) is 4.23. The molecule has 0 aliphatic heterocycles. The van der Waals surface area contributed by atoms with Gasteiger partial charge in [-0.15, -0.1) is 12.4 Å². The fraction of sp³-hybridized carbons (Fsp3) is 0.0714. The molecule has 2 rings (SSSR count). The lowest BCUT2D eigenvalue weighted by atomic mass is 10.2. The molecule has 1 amide bonds. The second-order valence-corrected chi connectivity index (χ2v) is 4.42. The minimum Gasteiger partial charge on any atom is -0.444 e. The van der Waals surface area contributed by atoms with E-state index in [-0.39, 0.29) is 35.4 Å². The van der Waals surface area contributed by atoms with Crippen LogP contribution in [-0.2, 0) is 11.3 Å². The summed E-state index contributed by atoms with van der Waals surface area (Å²) in [7, 11) is 0. The topological polar surface area (TPSA) is 64.3 Å². The number of nitrogens with two attached hydrogens (primary N) is 1. The number of carbonyl (C=O) groups excluding carboxylic acids is 1. The molecule has 4 nitrogen and oxygen atoms in total. The third-order valence-corrected chi connectivity index (χ3v) is 2.91. The van der Waals surface area contributed by atoms with Gasteiger partial charge in [0.25, 0.3) is 0 Å². The molecule has 2 aromatic rings. The third kappa shape index (κ3) is 4.51. The van der Waals surface area contributed by atoms with Gasteiger partial charge in [-0.1, -0.05) is 41.9 Å². The van der Waals surface area contributed by atoms with Crippen LogP contribution in [-0.4, -0.2) is 6.09 Å². The highest BCUT2D eigenvalue weighted by atomic mass is 35.5. The molecule has 0 aromatic heterocycles. The Morgan fingerprint density at radius 2 is 1.90 bits per heavy atom. The molecule has 0 aliphatic rings. The summed E-state index contributed by atoms with van der Waals surface area (Å²) >= 11 is 5.65. The first-order valence-corrected chi connectivity index (χ1v) is 6.17. The number of nitrogen functional groups attached to an aromatic ring is 1. The molecule has 0 atom stereocenters. The zero-order chi connectivity index (χ0) is 14.5. The first-order valence-electron chi connectivity index (χ1n) is 5.79. The highest BCUT2D eigenvalue weighted by Crippen LogP contribution is 2.27. The first kappa shape index (κ1) is 17.1. The molecule has 0 spiro atoms. The summed E-state index contributed by atoms with van der Waals surface area (Å²) in [5, 5.41) is 2.36. The van der Waals surface area contributed by atoms with Crippen LogP contribution in [0.3, 0.4) is 0 Å². The smallest absolute Gasteiger partial charge is 0.412 e. The van der Waals surface area contributed by atoms with E-state index in [1.165, 1.54) is 12.1 Å².